The van der Waals surface area contributed by atoms with E-state index in [1.807, 2.05) is 0 Å². The molecule has 1 heterocycles. The predicted octanol–water partition coefficient (Wildman–Crippen LogP) is 1.31. The van der Waals surface area contributed by atoms with Gasteiger partial charge in [0.25, 0.3) is 0 Å². The van der Waals surface area contributed by atoms with Gasteiger partial charge in [-0.2, -0.15) is 0 Å². The van der Waals surface area contributed by atoms with Crippen LogP contribution in [0.4, 0.5) is 4.79 Å². The van der Waals surface area contributed by atoms with Crippen LogP contribution in [0.2, 0.25) is 0 Å². The fourth-order valence-electron chi connectivity index (χ4n) is 2.19. The van der Waals surface area contributed by atoms with E-state index >= 15 is 0 Å². The molecule has 0 bridgehead atoms. The first-order valence-corrected chi connectivity index (χ1v) is 6.64. The Morgan fingerprint density at radius 2 is 2.05 bits per heavy atom. The lowest BCUT2D eigenvalue weighted by atomic mass is 9.85. The van der Waals surface area contributed by atoms with Gasteiger partial charge in [0.15, 0.2) is 6.10 Å². The SMILES string of the molecule is COC(CNC(=O)N1CCCC(C)(C)CC1)C(=O)O. The number of carbonyl (C=O) groups is 2. The summed E-state index contributed by atoms with van der Waals surface area (Å²) in [6.45, 7) is 5.84. The largest absolute Gasteiger partial charge is 0.479 e. The normalized spacial score (nSPS) is 20.5. The molecule has 0 aromatic heterocycles. The molecule has 6 nitrogen and oxygen atoms in total. The van der Waals surface area contributed by atoms with Crippen molar-refractivity contribution in [3.8, 4) is 0 Å². The molecule has 2 amide bonds. The van der Waals surface area contributed by atoms with Crippen LogP contribution in [-0.2, 0) is 9.53 Å². The maximum absolute atomic E-state index is 12.0. The topological polar surface area (TPSA) is 78.9 Å². The van der Waals surface area contributed by atoms with Crippen LogP contribution < -0.4 is 5.32 Å². The number of nitrogens with zero attached hydrogens (tertiary/aromatic N) is 1. The van der Waals surface area contributed by atoms with Gasteiger partial charge < -0.3 is 20.1 Å². The van der Waals surface area contributed by atoms with Crippen LogP contribution in [-0.4, -0.2) is 54.9 Å². The lowest BCUT2D eigenvalue weighted by molar-refractivity contribution is -0.148. The molecule has 1 atom stereocenters. The molecule has 0 radical (unpaired) electrons. The molecular formula is C13H24N2O4. The quantitative estimate of drug-likeness (QED) is 0.808. The number of carbonyl (C=O) groups excluding carboxylic acids is 1. The second-order valence-electron chi connectivity index (χ2n) is 5.75. The van der Waals surface area contributed by atoms with Crippen LogP contribution in [0.25, 0.3) is 0 Å². The number of ether oxygens (including phenoxy) is 1. The minimum Gasteiger partial charge on any atom is -0.479 e. The number of hydrogen-bond acceptors (Lipinski definition) is 3. The van der Waals surface area contributed by atoms with Crippen LogP contribution in [0.5, 0.6) is 0 Å². The predicted molar refractivity (Wildman–Crippen MR) is 71.0 cm³/mol. The zero-order valence-electron chi connectivity index (χ0n) is 11.9. The smallest absolute Gasteiger partial charge is 0.334 e. The maximum atomic E-state index is 12.0. The number of urea groups is 1. The lowest BCUT2D eigenvalue weighted by Gasteiger charge is -2.24. The fraction of sp³-hybridized carbons (Fsp3) is 0.846. The van der Waals surface area contributed by atoms with Crippen molar-refractivity contribution in [2.75, 3.05) is 26.7 Å². The number of methoxy groups -OCH3 is 1. The molecule has 1 aliphatic rings. The third-order valence-electron chi connectivity index (χ3n) is 3.63. The standard InChI is InChI=1S/C13H24N2O4/c1-13(2)5-4-7-15(8-6-13)12(18)14-9-10(19-3)11(16)17/h10H,4-9H2,1-3H3,(H,14,18)(H,16,17). The van der Waals surface area contributed by atoms with E-state index in [0.717, 1.165) is 25.8 Å². The molecular weight excluding hydrogens is 248 g/mol. The highest BCUT2D eigenvalue weighted by molar-refractivity contribution is 5.77. The average Bonchev–Trinajstić information content (AvgIpc) is 2.50. The van der Waals surface area contributed by atoms with Crippen molar-refractivity contribution in [2.45, 2.75) is 39.2 Å². The zero-order chi connectivity index (χ0) is 14.5. The lowest BCUT2D eigenvalue weighted by Crippen LogP contribution is -2.45. The van der Waals surface area contributed by atoms with Crippen LogP contribution in [0.3, 0.4) is 0 Å². The number of likely N-dealkylation sites (tertiary alicyclic amines) is 1. The van der Waals surface area contributed by atoms with Gasteiger partial charge in [0, 0.05) is 20.2 Å². The first kappa shape index (κ1) is 15.8. The molecule has 1 aliphatic heterocycles. The third-order valence-corrected chi connectivity index (χ3v) is 3.63. The summed E-state index contributed by atoms with van der Waals surface area (Å²) in [5.41, 5.74) is 0.269. The van der Waals surface area contributed by atoms with Gasteiger partial charge in [0.2, 0.25) is 0 Å². The van der Waals surface area contributed by atoms with Crippen LogP contribution in [0.15, 0.2) is 0 Å². The van der Waals surface area contributed by atoms with E-state index in [2.05, 4.69) is 19.2 Å². The van der Waals surface area contributed by atoms with Gasteiger partial charge in [0.1, 0.15) is 0 Å². The Labute approximate surface area is 114 Å². The first-order valence-electron chi connectivity index (χ1n) is 6.64. The molecule has 0 aromatic carbocycles. The summed E-state index contributed by atoms with van der Waals surface area (Å²) >= 11 is 0. The van der Waals surface area contributed by atoms with E-state index in [1.54, 1.807) is 4.90 Å². The zero-order valence-corrected chi connectivity index (χ0v) is 11.9. The molecule has 19 heavy (non-hydrogen) atoms. The van der Waals surface area contributed by atoms with E-state index in [0.29, 0.717) is 6.54 Å². The number of amides is 2. The second-order valence-corrected chi connectivity index (χ2v) is 5.75. The average molecular weight is 272 g/mol. The van der Waals surface area contributed by atoms with Gasteiger partial charge in [-0.1, -0.05) is 13.8 Å². The van der Waals surface area contributed by atoms with E-state index in [1.165, 1.54) is 7.11 Å². The van der Waals surface area contributed by atoms with Gasteiger partial charge in [-0.25, -0.2) is 9.59 Å². The Balaban J connectivity index is 2.43. The van der Waals surface area contributed by atoms with Crippen LogP contribution >= 0.6 is 0 Å². The molecule has 110 valence electrons. The Bertz CT molecular complexity index is 331. The van der Waals surface area contributed by atoms with Crippen molar-refractivity contribution >= 4 is 12.0 Å². The van der Waals surface area contributed by atoms with E-state index in [9.17, 15) is 9.59 Å². The van der Waals surface area contributed by atoms with Crippen molar-refractivity contribution in [1.29, 1.82) is 0 Å². The van der Waals surface area contributed by atoms with Crippen molar-refractivity contribution in [1.82, 2.24) is 10.2 Å². The number of hydrogen-bond donors (Lipinski definition) is 2. The third kappa shape index (κ3) is 5.06. The summed E-state index contributed by atoms with van der Waals surface area (Å²) in [6, 6.07) is -0.207. The summed E-state index contributed by atoms with van der Waals surface area (Å²) in [7, 11) is 1.32. The Morgan fingerprint density at radius 3 is 2.63 bits per heavy atom. The van der Waals surface area contributed by atoms with Crippen LogP contribution in [0, 0.1) is 5.41 Å². The van der Waals surface area contributed by atoms with Gasteiger partial charge in [0.05, 0.1) is 6.54 Å². The Hall–Kier alpha value is -1.30. The fourth-order valence-corrected chi connectivity index (χ4v) is 2.19. The maximum Gasteiger partial charge on any atom is 0.334 e. The van der Waals surface area contributed by atoms with E-state index in [-0.39, 0.29) is 18.0 Å². The van der Waals surface area contributed by atoms with E-state index < -0.39 is 12.1 Å². The number of rotatable bonds is 4. The van der Waals surface area contributed by atoms with Crippen LogP contribution in [0.1, 0.15) is 33.1 Å². The highest BCUT2D eigenvalue weighted by Crippen LogP contribution is 2.29. The molecule has 1 rings (SSSR count). The number of carboxylic acid groups (broad SMARTS) is 1. The molecule has 1 saturated heterocycles. The molecule has 0 spiro atoms. The van der Waals surface area contributed by atoms with Gasteiger partial charge in [-0.3, -0.25) is 0 Å². The molecule has 6 heteroatoms. The minimum absolute atomic E-state index is 0.00937. The molecule has 0 saturated carbocycles. The van der Waals surface area contributed by atoms with Gasteiger partial charge in [-0.05, 0) is 24.7 Å². The highest BCUT2D eigenvalue weighted by atomic mass is 16.5. The number of carboxylic acids is 1. The minimum atomic E-state index is -1.07. The molecule has 1 fully saturated rings. The molecule has 0 aliphatic carbocycles. The summed E-state index contributed by atoms with van der Waals surface area (Å²) in [4.78, 5) is 24.5. The van der Waals surface area contributed by atoms with Crippen molar-refractivity contribution < 1.29 is 19.4 Å². The second kappa shape index (κ2) is 6.75. The molecule has 1 unspecified atom stereocenters. The highest BCUT2D eigenvalue weighted by Gasteiger charge is 2.26. The van der Waals surface area contributed by atoms with Gasteiger partial charge >= 0.3 is 12.0 Å². The summed E-state index contributed by atoms with van der Waals surface area (Å²) < 4.78 is 4.77. The molecule has 0 aromatic rings. The van der Waals surface area contributed by atoms with Crippen molar-refractivity contribution in [3.63, 3.8) is 0 Å². The number of nitrogens with one attached hydrogen (secondary N) is 1. The summed E-state index contributed by atoms with van der Waals surface area (Å²) in [5.74, 6) is -1.07. The first-order chi connectivity index (χ1) is 8.85. The van der Waals surface area contributed by atoms with E-state index in [4.69, 9.17) is 9.84 Å². The Morgan fingerprint density at radius 1 is 1.37 bits per heavy atom. The number of aliphatic carboxylic acids is 1. The van der Waals surface area contributed by atoms with Crippen molar-refractivity contribution in [2.24, 2.45) is 5.41 Å². The molecule has 2 N–H and O–H groups in total. The summed E-state index contributed by atoms with van der Waals surface area (Å²) in [5, 5.41) is 11.4. The monoisotopic (exact) mass is 272 g/mol. The van der Waals surface area contributed by atoms with Gasteiger partial charge in [-0.15, -0.1) is 0 Å². The van der Waals surface area contributed by atoms with Crippen molar-refractivity contribution in [3.05, 3.63) is 0 Å². The summed E-state index contributed by atoms with van der Waals surface area (Å²) in [6.07, 6.45) is 2.06. The Kier molecular flexibility index (Phi) is 5.60.